The number of benzene rings is 1. The Balaban J connectivity index is 1.22. The van der Waals surface area contributed by atoms with Crippen LogP contribution >= 0.6 is 0 Å². The smallest absolute Gasteiger partial charge is 0.433 e. The lowest BCUT2D eigenvalue weighted by molar-refractivity contribution is -0.184. The van der Waals surface area contributed by atoms with Gasteiger partial charge in [0.25, 0.3) is 0 Å². The lowest BCUT2D eigenvalue weighted by Gasteiger charge is -2.45. The predicted octanol–water partition coefficient (Wildman–Crippen LogP) is 4.34. The van der Waals surface area contributed by atoms with Gasteiger partial charge in [-0.25, -0.2) is 14.2 Å². The molecular formula is C25H20F7N5O3. The standard InChI is InChI=1S/C25H20F7N5O3/c26-17-7-14(1-2-18(17)40-16-3-5-33-19(8-16)25(30,31)32)11-39-21-23-9-15(35(21)13-24(27,28)29)10-37(23)20-4-6-34-22(38)36(20)12-23/h1-8,15,21H,9-13H2. The van der Waals surface area contributed by atoms with Crippen molar-refractivity contribution >= 4 is 5.82 Å². The normalized spacial score (nSPS) is 23.9. The Morgan fingerprint density at radius 2 is 1.80 bits per heavy atom. The van der Waals surface area contributed by atoms with Crippen LogP contribution in [0.15, 0.2) is 53.6 Å². The van der Waals surface area contributed by atoms with Crippen LogP contribution in [-0.4, -0.2) is 56.5 Å². The van der Waals surface area contributed by atoms with E-state index in [1.807, 2.05) is 4.90 Å². The molecule has 3 aliphatic heterocycles. The minimum absolute atomic E-state index is 0.0948. The van der Waals surface area contributed by atoms with Gasteiger partial charge in [-0.1, -0.05) is 6.07 Å². The van der Waals surface area contributed by atoms with Crippen LogP contribution in [0, 0.1) is 5.82 Å². The average molecular weight is 571 g/mol. The molecule has 2 aromatic heterocycles. The Hall–Kier alpha value is -3.72. The zero-order chi connectivity index (χ0) is 28.4. The molecule has 0 N–H and O–H groups in total. The van der Waals surface area contributed by atoms with Crippen molar-refractivity contribution in [1.29, 1.82) is 0 Å². The maximum absolute atomic E-state index is 14.8. The first-order valence-corrected chi connectivity index (χ1v) is 12.1. The van der Waals surface area contributed by atoms with E-state index in [4.69, 9.17) is 9.47 Å². The van der Waals surface area contributed by atoms with E-state index in [1.54, 1.807) is 6.07 Å². The molecule has 3 aliphatic rings. The van der Waals surface area contributed by atoms with E-state index < -0.39 is 53.9 Å². The number of halogens is 7. The van der Waals surface area contributed by atoms with Gasteiger partial charge in [0.05, 0.1) is 19.7 Å². The maximum atomic E-state index is 14.8. The molecule has 212 valence electrons. The number of alkyl halides is 6. The molecule has 5 heterocycles. The van der Waals surface area contributed by atoms with Crippen LogP contribution in [0.1, 0.15) is 17.7 Å². The molecule has 0 radical (unpaired) electrons. The topological polar surface area (TPSA) is 72.7 Å². The Morgan fingerprint density at radius 1 is 1.02 bits per heavy atom. The quantitative estimate of drug-likeness (QED) is 0.408. The van der Waals surface area contributed by atoms with E-state index in [-0.39, 0.29) is 36.8 Å². The van der Waals surface area contributed by atoms with Crippen molar-refractivity contribution < 1.29 is 40.2 Å². The number of aromatic nitrogens is 3. The summed E-state index contributed by atoms with van der Waals surface area (Å²) in [4.78, 5) is 22.5. The van der Waals surface area contributed by atoms with E-state index in [0.717, 1.165) is 18.3 Å². The zero-order valence-corrected chi connectivity index (χ0v) is 20.4. The number of hydrogen-bond acceptors (Lipinski definition) is 7. The highest BCUT2D eigenvalue weighted by Gasteiger charge is 2.66. The zero-order valence-electron chi connectivity index (χ0n) is 20.4. The number of piperazine rings is 1. The van der Waals surface area contributed by atoms with E-state index in [1.165, 1.54) is 27.8 Å². The fourth-order valence-corrected chi connectivity index (χ4v) is 5.88. The van der Waals surface area contributed by atoms with E-state index in [9.17, 15) is 35.5 Å². The third-order valence-electron chi connectivity index (χ3n) is 7.39. The van der Waals surface area contributed by atoms with Crippen molar-refractivity contribution in [2.24, 2.45) is 0 Å². The highest BCUT2D eigenvalue weighted by Crippen LogP contribution is 2.52. The third-order valence-corrected chi connectivity index (χ3v) is 7.39. The number of nitrogens with zero attached hydrogens (tertiary/aromatic N) is 5. The molecule has 1 spiro atoms. The summed E-state index contributed by atoms with van der Waals surface area (Å²) in [5.41, 5.74) is -2.39. The molecule has 0 saturated carbocycles. The predicted molar refractivity (Wildman–Crippen MR) is 124 cm³/mol. The molecule has 3 unspecified atom stereocenters. The van der Waals surface area contributed by atoms with Crippen LogP contribution in [0.25, 0.3) is 0 Å². The number of fused-ring (bicyclic) bond motifs is 3. The number of pyridine rings is 1. The van der Waals surface area contributed by atoms with Crippen molar-refractivity contribution in [3.63, 3.8) is 0 Å². The summed E-state index contributed by atoms with van der Waals surface area (Å²) < 4.78 is 107. The summed E-state index contributed by atoms with van der Waals surface area (Å²) in [6, 6.07) is 6.56. The Bertz CT molecular complexity index is 1510. The van der Waals surface area contributed by atoms with E-state index in [0.29, 0.717) is 18.3 Å². The molecule has 15 heteroatoms. The maximum Gasteiger partial charge on any atom is 0.433 e. The molecule has 0 aliphatic carbocycles. The second-order valence-corrected chi connectivity index (χ2v) is 9.94. The molecule has 3 aromatic rings. The molecule has 8 nitrogen and oxygen atoms in total. The molecule has 1 aromatic carbocycles. The highest BCUT2D eigenvalue weighted by atomic mass is 19.4. The van der Waals surface area contributed by atoms with Crippen LogP contribution in [0.2, 0.25) is 0 Å². The number of anilines is 1. The van der Waals surface area contributed by atoms with Gasteiger partial charge in [0.15, 0.2) is 11.6 Å². The molecule has 0 amide bonds. The molecule has 2 saturated heterocycles. The lowest BCUT2D eigenvalue weighted by atomic mass is 9.97. The van der Waals surface area contributed by atoms with Gasteiger partial charge < -0.3 is 14.4 Å². The van der Waals surface area contributed by atoms with Gasteiger partial charge in [-0.3, -0.25) is 14.5 Å². The molecule has 3 atom stereocenters. The van der Waals surface area contributed by atoms with Gasteiger partial charge in [-0.2, -0.15) is 26.3 Å². The van der Waals surface area contributed by atoms with Crippen molar-refractivity contribution in [1.82, 2.24) is 19.4 Å². The fourth-order valence-electron chi connectivity index (χ4n) is 5.88. The molecule has 6 rings (SSSR count). The average Bonchev–Trinajstić information content (AvgIpc) is 3.48. The summed E-state index contributed by atoms with van der Waals surface area (Å²) in [6.07, 6.45) is -7.70. The second kappa shape index (κ2) is 9.16. The summed E-state index contributed by atoms with van der Waals surface area (Å²) in [5, 5.41) is 0. The van der Waals surface area contributed by atoms with Crippen molar-refractivity contribution in [3.8, 4) is 11.5 Å². The van der Waals surface area contributed by atoms with Crippen molar-refractivity contribution in [2.45, 2.75) is 49.7 Å². The number of likely N-dealkylation sites (tertiary alicyclic amines) is 1. The van der Waals surface area contributed by atoms with Crippen molar-refractivity contribution in [3.05, 3.63) is 76.4 Å². The first-order valence-electron chi connectivity index (χ1n) is 12.1. The molecule has 2 fully saturated rings. The number of ether oxygens (including phenoxy) is 2. The third kappa shape index (κ3) is 4.56. The van der Waals surface area contributed by atoms with Gasteiger partial charge in [0, 0.05) is 31.0 Å². The van der Waals surface area contributed by atoms with Crippen LogP contribution in [0.4, 0.5) is 36.6 Å². The Kier molecular flexibility index (Phi) is 6.07. The molecular weight excluding hydrogens is 551 g/mol. The first-order chi connectivity index (χ1) is 18.8. The highest BCUT2D eigenvalue weighted by molar-refractivity contribution is 5.52. The molecule has 40 heavy (non-hydrogen) atoms. The van der Waals surface area contributed by atoms with Gasteiger partial charge >= 0.3 is 18.0 Å². The Morgan fingerprint density at radius 3 is 2.52 bits per heavy atom. The minimum atomic E-state index is -4.71. The fraction of sp³-hybridized carbons (Fsp3) is 0.400. The summed E-state index contributed by atoms with van der Waals surface area (Å²) in [7, 11) is 0. The van der Waals surface area contributed by atoms with Crippen LogP contribution < -0.4 is 15.3 Å². The van der Waals surface area contributed by atoms with Gasteiger partial charge in [-0.15, -0.1) is 0 Å². The largest absolute Gasteiger partial charge is 0.454 e. The summed E-state index contributed by atoms with van der Waals surface area (Å²) in [5.74, 6) is -0.985. The lowest BCUT2D eigenvalue weighted by Crippen LogP contribution is -2.62. The summed E-state index contributed by atoms with van der Waals surface area (Å²) in [6.45, 7) is -1.10. The Labute approximate surface area is 221 Å². The van der Waals surface area contributed by atoms with Gasteiger partial charge in [0.2, 0.25) is 0 Å². The first kappa shape index (κ1) is 26.5. The van der Waals surface area contributed by atoms with Crippen LogP contribution in [0.5, 0.6) is 11.5 Å². The molecule has 2 bridgehead atoms. The van der Waals surface area contributed by atoms with Crippen LogP contribution in [0.3, 0.4) is 0 Å². The number of hydrogen-bond donors (Lipinski definition) is 0. The minimum Gasteiger partial charge on any atom is -0.454 e. The van der Waals surface area contributed by atoms with E-state index >= 15 is 0 Å². The van der Waals surface area contributed by atoms with E-state index in [2.05, 4.69) is 9.97 Å². The second-order valence-electron chi connectivity index (χ2n) is 9.94. The SMILES string of the molecule is O=c1nccc2n1CC13CC(CN21)N(CC(F)(F)F)C3OCc1ccc(Oc2ccnc(C(F)(F)F)c2)c(F)c1. The number of rotatable bonds is 6. The van der Waals surface area contributed by atoms with Crippen molar-refractivity contribution in [2.75, 3.05) is 18.0 Å². The van der Waals surface area contributed by atoms with Gasteiger partial charge in [0.1, 0.15) is 29.0 Å². The summed E-state index contributed by atoms with van der Waals surface area (Å²) >= 11 is 0. The van der Waals surface area contributed by atoms with Gasteiger partial charge in [-0.05, 0) is 36.2 Å². The monoisotopic (exact) mass is 571 g/mol. The van der Waals surface area contributed by atoms with Crippen LogP contribution in [-0.2, 0) is 24.1 Å².